The lowest BCUT2D eigenvalue weighted by Crippen LogP contribution is -2.39. The average molecular weight is 317 g/mol. The molecule has 1 amide bonds. The first-order chi connectivity index (χ1) is 11.2. The van der Waals surface area contributed by atoms with Crippen molar-refractivity contribution < 1.29 is 14.3 Å². The lowest BCUT2D eigenvalue weighted by molar-refractivity contribution is -0.131. The number of ether oxygens (including phenoxy) is 2. The highest BCUT2D eigenvalue weighted by Crippen LogP contribution is 2.30. The maximum absolute atomic E-state index is 11.7. The molecule has 0 bridgehead atoms. The van der Waals surface area contributed by atoms with E-state index >= 15 is 0 Å². The topological polar surface area (TPSA) is 63.2 Å². The Kier molecular flexibility index (Phi) is 5.12. The third-order valence-electron chi connectivity index (χ3n) is 3.94. The van der Waals surface area contributed by atoms with Crippen LogP contribution in [0.1, 0.15) is 26.2 Å². The molecule has 0 spiro atoms. The molecule has 0 aliphatic carbocycles. The van der Waals surface area contributed by atoms with Gasteiger partial charge in [0.15, 0.2) is 11.5 Å². The number of hydrogen-bond donors (Lipinski definition) is 1. The third kappa shape index (κ3) is 4.22. The minimum atomic E-state index is 0.0155. The SMILES string of the molecule is CC1=NN(CCCNCC2COc3ccccc3O2)C(=O)CC1. The van der Waals surface area contributed by atoms with E-state index in [2.05, 4.69) is 10.4 Å². The Bertz CT molecular complexity index is 588. The smallest absolute Gasteiger partial charge is 0.243 e. The zero-order chi connectivity index (χ0) is 16.1. The second-order valence-corrected chi connectivity index (χ2v) is 5.91. The van der Waals surface area contributed by atoms with E-state index in [1.165, 1.54) is 0 Å². The molecular weight excluding hydrogens is 294 g/mol. The van der Waals surface area contributed by atoms with Crippen LogP contribution in [0.2, 0.25) is 0 Å². The summed E-state index contributed by atoms with van der Waals surface area (Å²) < 4.78 is 11.6. The van der Waals surface area contributed by atoms with E-state index in [0.29, 0.717) is 19.6 Å². The zero-order valence-corrected chi connectivity index (χ0v) is 13.5. The average Bonchev–Trinajstić information content (AvgIpc) is 2.57. The van der Waals surface area contributed by atoms with Crippen molar-refractivity contribution in [2.24, 2.45) is 5.10 Å². The van der Waals surface area contributed by atoms with Gasteiger partial charge in [-0.3, -0.25) is 4.79 Å². The molecule has 6 nitrogen and oxygen atoms in total. The number of amides is 1. The van der Waals surface area contributed by atoms with Crippen LogP contribution in [-0.2, 0) is 4.79 Å². The van der Waals surface area contributed by atoms with E-state index in [-0.39, 0.29) is 12.0 Å². The van der Waals surface area contributed by atoms with Crippen molar-refractivity contribution >= 4 is 11.6 Å². The molecule has 1 aromatic carbocycles. The molecule has 0 fully saturated rings. The van der Waals surface area contributed by atoms with E-state index in [4.69, 9.17) is 9.47 Å². The fourth-order valence-corrected chi connectivity index (χ4v) is 2.68. The van der Waals surface area contributed by atoms with Crippen molar-refractivity contribution in [3.8, 4) is 11.5 Å². The van der Waals surface area contributed by atoms with Gasteiger partial charge in [-0.15, -0.1) is 0 Å². The van der Waals surface area contributed by atoms with Gasteiger partial charge in [0.2, 0.25) is 5.91 Å². The molecule has 0 saturated heterocycles. The van der Waals surface area contributed by atoms with Gasteiger partial charge in [0.05, 0.1) is 0 Å². The minimum Gasteiger partial charge on any atom is -0.486 e. The van der Waals surface area contributed by atoms with Crippen molar-refractivity contribution in [1.82, 2.24) is 10.3 Å². The first-order valence-corrected chi connectivity index (χ1v) is 8.16. The molecule has 23 heavy (non-hydrogen) atoms. The van der Waals surface area contributed by atoms with Crippen LogP contribution < -0.4 is 14.8 Å². The molecule has 2 aliphatic rings. The summed E-state index contributed by atoms with van der Waals surface area (Å²) in [6.45, 7) is 4.73. The van der Waals surface area contributed by atoms with E-state index < -0.39 is 0 Å². The molecule has 0 saturated carbocycles. The van der Waals surface area contributed by atoms with Gasteiger partial charge in [-0.25, -0.2) is 5.01 Å². The number of benzene rings is 1. The Labute approximate surface area is 136 Å². The monoisotopic (exact) mass is 317 g/mol. The van der Waals surface area contributed by atoms with Crippen LogP contribution in [0.4, 0.5) is 0 Å². The molecule has 1 N–H and O–H groups in total. The van der Waals surface area contributed by atoms with Crippen molar-refractivity contribution in [3.63, 3.8) is 0 Å². The number of para-hydroxylation sites is 2. The van der Waals surface area contributed by atoms with Gasteiger partial charge in [-0.1, -0.05) is 12.1 Å². The number of hydrazone groups is 1. The second kappa shape index (κ2) is 7.46. The van der Waals surface area contributed by atoms with Gasteiger partial charge in [0, 0.05) is 25.2 Å². The van der Waals surface area contributed by atoms with Crippen molar-refractivity contribution in [3.05, 3.63) is 24.3 Å². The lowest BCUT2D eigenvalue weighted by atomic mass is 10.2. The number of nitrogens with zero attached hydrogens (tertiary/aromatic N) is 2. The first-order valence-electron chi connectivity index (χ1n) is 8.16. The van der Waals surface area contributed by atoms with Crippen molar-refractivity contribution in [1.29, 1.82) is 0 Å². The molecular formula is C17H23N3O3. The number of rotatable bonds is 6. The summed E-state index contributed by atoms with van der Waals surface area (Å²) in [6.07, 6.45) is 2.25. The van der Waals surface area contributed by atoms with Crippen LogP contribution in [0, 0.1) is 0 Å². The molecule has 124 valence electrons. The van der Waals surface area contributed by atoms with Gasteiger partial charge < -0.3 is 14.8 Å². The van der Waals surface area contributed by atoms with Gasteiger partial charge in [0.1, 0.15) is 12.7 Å². The summed E-state index contributed by atoms with van der Waals surface area (Å²) >= 11 is 0. The zero-order valence-electron chi connectivity index (χ0n) is 13.5. The normalized spacial score (nSPS) is 20.4. The van der Waals surface area contributed by atoms with Crippen LogP contribution in [-0.4, -0.2) is 49.0 Å². The van der Waals surface area contributed by atoms with Crippen molar-refractivity contribution in [2.75, 3.05) is 26.2 Å². The molecule has 1 unspecified atom stereocenters. The Balaban J connectivity index is 1.35. The van der Waals surface area contributed by atoms with Crippen LogP contribution in [0.25, 0.3) is 0 Å². The molecule has 0 radical (unpaired) electrons. The third-order valence-corrected chi connectivity index (χ3v) is 3.94. The van der Waals surface area contributed by atoms with Gasteiger partial charge >= 0.3 is 0 Å². The summed E-state index contributed by atoms with van der Waals surface area (Å²) in [5, 5.41) is 9.26. The van der Waals surface area contributed by atoms with E-state index in [1.54, 1.807) is 5.01 Å². The van der Waals surface area contributed by atoms with Crippen LogP contribution in [0.3, 0.4) is 0 Å². The fourth-order valence-electron chi connectivity index (χ4n) is 2.68. The highest BCUT2D eigenvalue weighted by Gasteiger charge is 2.20. The van der Waals surface area contributed by atoms with Gasteiger partial charge in [0.25, 0.3) is 0 Å². The van der Waals surface area contributed by atoms with E-state index in [0.717, 1.165) is 43.1 Å². The van der Waals surface area contributed by atoms with Crippen molar-refractivity contribution in [2.45, 2.75) is 32.3 Å². The predicted molar refractivity (Wildman–Crippen MR) is 87.9 cm³/mol. The van der Waals surface area contributed by atoms with E-state index in [1.807, 2.05) is 31.2 Å². The molecule has 2 aliphatic heterocycles. The highest BCUT2D eigenvalue weighted by atomic mass is 16.6. The number of carbonyl (C=O) groups excluding carboxylic acids is 1. The summed E-state index contributed by atoms with van der Waals surface area (Å²) in [5.74, 6) is 1.73. The predicted octanol–water partition coefficient (Wildman–Crippen LogP) is 1.80. The molecule has 3 rings (SSSR count). The fraction of sp³-hybridized carbons (Fsp3) is 0.529. The Hall–Kier alpha value is -2.08. The van der Waals surface area contributed by atoms with Crippen LogP contribution in [0.15, 0.2) is 29.4 Å². The number of hydrogen-bond acceptors (Lipinski definition) is 5. The highest BCUT2D eigenvalue weighted by molar-refractivity contribution is 5.91. The summed E-state index contributed by atoms with van der Waals surface area (Å²) in [4.78, 5) is 11.7. The van der Waals surface area contributed by atoms with Crippen LogP contribution >= 0.6 is 0 Å². The molecule has 1 aromatic rings. The summed E-state index contributed by atoms with van der Waals surface area (Å²) in [7, 11) is 0. The molecule has 0 aromatic heterocycles. The lowest BCUT2D eigenvalue weighted by Gasteiger charge is -2.27. The van der Waals surface area contributed by atoms with Crippen LogP contribution in [0.5, 0.6) is 11.5 Å². The Morgan fingerprint density at radius 1 is 1.30 bits per heavy atom. The minimum absolute atomic E-state index is 0.0155. The van der Waals surface area contributed by atoms with Gasteiger partial charge in [-0.05, 0) is 38.4 Å². The quantitative estimate of drug-likeness (QED) is 0.813. The maximum atomic E-state index is 11.7. The Morgan fingerprint density at radius 2 is 2.13 bits per heavy atom. The standard InChI is InChI=1S/C17H23N3O3/c1-13-7-8-17(21)20(19-13)10-4-9-18-11-14-12-22-15-5-2-3-6-16(15)23-14/h2-3,5-6,14,18H,4,7-12H2,1H3. The largest absolute Gasteiger partial charge is 0.486 e. The number of nitrogens with one attached hydrogen (secondary N) is 1. The Morgan fingerprint density at radius 3 is 3.00 bits per heavy atom. The first kappa shape index (κ1) is 15.8. The molecule has 2 heterocycles. The molecule has 6 heteroatoms. The summed E-state index contributed by atoms with van der Waals surface area (Å²) in [6, 6.07) is 7.71. The van der Waals surface area contributed by atoms with Gasteiger partial charge in [-0.2, -0.15) is 5.10 Å². The summed E-state index contributed by atoms with van der Waals surface area (Å²) in [5.41, 5.74) is 1.03. The number of fused-ring (bicyclic) bond motifs is 1. The number of carbonyl (C=O) groups is 1. The van der Waals surface area contributed by atoms with E-state index in [9.17, 15) is 4.79 Å². The molecule has 1 atom stereocenters. The second-order valence-electron chi connectivity index (χ2n) is 5.91. The maximum Gasteiger partial charge on any atom is 0.243 e.